The first-order valence-electron chi connectivity index (χ1n) is 6.79. The van der Waals surface area contributed by atoms with Crippen LogP contribution in [0.1, 0.15) is 29.7 Å². The zero-order valence-corrected chi connectivity index (χ0v) is 13.1. The minimum Gasteiger partial charge on any atom is -0.493 e. The highest BCUT2D eigenvalue weighted by atomic mass is 35.5. The van der Waals surface area contributed by atoms with Crippen LogP contribution in [-0.2, 0) is 6.42 Å². The predicted molar refractivity (Wildman–Crippen MR) is 84.4 cm³/mol. The van der Waals surface area contributed by atoms with Gasteiger partial charge in [-0.2, -0.15) is 0 Å². The van der Waals surface area contributed by atoms with Gasteiger partial charge in [0.2, 0.25) is 0 Å². The molecule has 0 fully saturated rings. The van der Waals surface area contributed by atoms with E-state index in [1.54, 1.807) is 19.2 Å². The molecule has 0 aliphatic rings. The monoisotopic (exact) mass is 306 g/mol. The molecule has 1 atom stereocenters. The Morgan fingerprint density at radius 3 is 2.24 bits per heavy atom. The van der Waals surface area contributed by atoms with Crippen LogP contribution in [0.25, 0.3) is 0 Å². The molecule has 0 bridgehead atoms. The Balaban J connectivity index is 2.38. The second-order valence-electron chi connectivity index (χ2n) is 4.74. The van der Waals surface area contributed by atoms with Crippen LogP contribution < -0.4 is 9.47 Å². The summed E-state index contributed by atoms with van der Waals surface area (Å²) in [6.07, 6.45) is 0.215. The lowest BCUT2D eigenvalue weighted by atomic mass is 9.99. The van der Waals surface area contributed by atoms with Gasteiger partial charge in [0.15, 0.2) is 11.5 Å². The lowest BCUT2D eigenvalue weighted by Crippen LogP contribution is -2.02. The first kappa shape index (κ1) is 15.7. The standard InChI is InChI=1S/C17H19ClO3/c1-4-11-5-7-12(8-6-11)16(19)13-9-14(18)17(21-3)15(10-13)20-2/h5-10,16,19H,4H2,1-3H3. The van der Waals surface area contributed by atoms with Crippen LogP contribution in [0.15, 0.2) is 36.4 Å². The highest BCUT2D eigenvalue weighted by Gasteiger charge is 2.17. The Morgan fingerprint density at radius 1 is 1.05 bits per heavy atom. The van der Waals surface area contributed by atoms with Gasteiger partial charge in [0, 0.05) is 0 Å². The molecule has 0 saturated carbocycles. The summed E-state index contributed by atoms with van der Waals surface area (Å²) in [5.41, 5.74) is 2.72. The van der Waals surface area contributed by atoms with Crippen LogP contribution in [0.5, 0.6) is 11.5 Å². The second-order valence-corrected chi connectivity index (χ2v) is 5.14. The van der Waals surface area contributed by atoms with E-state index >= 15 is 0 Å². The molecule has 0 saturated heterocycles. The predicted octanol–water partition coefficient (Wildman–Crippen LogP) is 4.00. The second kappa shape index (κ2) is 6.83. The highest BCUT2D eigenvalue weighted by molar-refractivity contribution is 6.32. The molecule has 0 radical (unpaired) electrons. The molecule has 0 aliphatic carbocycles. The Morgan fingerprint density at radius 2 is 1.71 bits per heavy atom. The number of ether oxygens (including phenoxy) is 2. The maximum absolute atomic E-state index is 10.5. The van der Waals surface area contributed by atoms with Crippen molar-refractivity contribution in [2.75, 3.05) is 14.2 Å². The van der Waals surface area contributed by atoms with Crippen molar-refractivity contribution in [3.05, 3.63) is 58.1 Å². The van der Waals surface area contributed by atoms with Gasteiger partial charge in [-0.25, -0.2) is 0 Å². The molecule has 1 N–H and O–H groups in total. The molecular formula is C17H19ClO3. The van der Waals surface area contributed by atoms with Crippen LogP contribution in [0.3, 0.4) is 0 Å². The van der Waals surface area contributed by atoms with Crippen LogP contribution in [0.4, 0.5) is 0 Å². The van der Waals surface area contributed by atoms with Gasteiger partial charge in [0.25, 0.3) is 0 Å². The summed E-state index contributed by atoms with van der Waals surface area (Å²) in [6.45, 7) is 2.10. The molecule has 3 nitrogen and oxygen atoms in total. The molecular weight excluding hydrogens is 288 g/mol. The molecule has 0 aromatic heterocycles. The van der Waals surface area contributed by atoms with Crippen LogP contribution in [0.2, 0.25) is 5.02 Å². The average molecular weight is 307 g/mol. The van der Waals surface area contributed by atoms with Gasteiger partial charge in [-0.3, -0.25) is 0 Å². The topological polar surface area (TPSA) is 38.7 Å². The van der Waals surface area contributed by atoms with E-state index in [-0.39, 0.29) is 0 Å². The summed E-state index contributed by atoms with van der Waals surface area (Å²) >= 11 is 6.18. The number of halogens is 1. The van der Waals surface area contributed by atoms with Gasteiger partial charge >= 0.3 is 0 Å². The SMILES string of the molecule is CCc1ccc(C(O)c2cc(Cl)c(OC)c(OC)c2)cc1. The van der Waals surface area contributed by atoms with E-state index in [0.29, 0.717) is 22.1 Å². The minimum atomic E-state index is -0.756. The zero-order valence-electron chi connectivity index (χ0n) is 12.4. The van der Waals surface area contributed by atoms with Crippen molar-refractivity contribution >= 4 is 11.6 Å². The zero-order chi connectivity index (χ0) is 15.4. The van der Waals surface area contributed by atoms with Gasteiger partial charge in [-0.05, 0) is 35.2 Å². The van der Waals surface area contributed by atoms with Crippen molar-refractivity contribution < 1.29 is 14.6 Å². The van der Waals surface area contributed by atoms with Crippen molar-refractivity contribution in [3.8, 4) is 11.5 Å². The maximum Gasteiger partial charge on any atom is 0.179 e. The largest absolute Gasteiger partial charge is 0.493 e. The Hall–Kier alpha value is -1.71. The fourth-order valence-corrected chi connectivity index (χ4v) is 2.52. The first-order valence-corrected chi connectivity index (χ1v) is 7.16. The van der Waals surface area contributed by atoms with E-state index in [4.69, 9.17) is 21.1 Å². The van der Waals surface area contributed by atoms with E-state index < -0.39 is 6.10 Å². The quantitative estimate of drug-likeness (QED) is 0.907. The van der Waals surface area contributed by atoms with Crippen molar-refractivity contribution in [1.82, 2.24) is 0 Å². The van der Waals surface area contributed by atoms with Crippen molar-refractivity contribution in [2.24, 2.45) is 0 Å². The normalized spacial score (nSPS) is 12.0. The molecule has 0 amide bonds. The number of methoxy groups -OCH3 is 2. The van der Waals surface area contributed by atoms with Crippen LogP contribution in [-0.4, -0.2) is 19.3 Å². The Kier molecular flexibility index (Phi) is 5.10. The number of aliphatic hydroxyl groups excluding tert-OH is 1. The van der Waals surface area contributed by atoms with E-state index in [0.717, 1.165) is 12.0 Å². The highest BCUT2D eigenvalue weighted by Crippen LogP contribution is 2.38. The third-order valence-corrected chi connectivity index (χ3v) is 3.76. The van der Waals surface area contributed by atoms with Crippen LogP contribution in [0, 0.1) is 0 Å². The summed E-state index contributed by atoms with van der Waals surface area (Å²) in [6, 6.07) is 11.3. The molecule has 4 heteroatoms. The number of hydrogen-bond donors (Lipinski definition) is 1. The Bertz CT molecular complexity index is 608. The third-order valence-electron chi connectivity index (χ3n) is 3.48. The molecule has 1 unspecified atom stereocenters. The molecule has 0 heterocycles. The van der Waals surface area contributed by atoms with Gasteiger partial charge in [0.05, 0.1) is 19.2 Å². The third kappa shape index (κ3) is 3.31. The molecule has 2 aromatic carbocycles. The molecule has 2 aromatic rings. The molecule has 0 aliphatic heterocycles. The van der Waals surface area contributed by atoms with Gasteiger partial charge in [-0.1, -0.05) is 42.8 Å². The fourth-order valence-electron chi connectivity index (χ4n) is 2.22. The lowest BCUT2D eigenvalue weighted by Gasteiger charge is -2.16. The summed E-state index contributed by atoms with van der Waals surface area (Å²) in [4.78, 5) is 0. The first-order chi connectivity index (χ1) is 10.1. The summed E-state index contributed by atoms with van der Waals surface area (Å²) in [5, 5.41) is 10.9. The van der Waals surface area contributed by atoms with Crippen LogP contribution >= 0.6 is 11.6 Å². The van der Waals surface area contributed by atoms with Crippen molar-refractivity contribution in [3.63, 3.8) is 0 Å². The van der Waals surface area contributed by atoms with Crippen molar-refractivity contribution in [2.45, 2.75) is 19.4 Å². The van der Waals surface area contributed by atoms with E-state index in [1.165, 1.54) is 12.7 Å². The molecule has 0 spiro atoms. The van der Waals surface area contributed by atoms with Gasteiger partial charge in [-0.15, -0.1) is 0 Å². The number of rotatable bonds is 5. The average Bonchev–Trinajstić information content (AvgIpc) is 2.53. The molecule has 21 heavy (non-hydrogen) atoms. The minimum absolute atomic E-state index is 0.413. The smallest absolute Gasteiger partial charge is 0.179 e. The van der Waals surface area contributed by atoms with Gasteiger partial charge < -0.3 is 14.6 Å². The summed E-state index contributed by atoms with van der Waals surface area (Å²) in [5.74, 6) is 0.973. The summed E-state index contributed by atoms with van der Waals surface area (Å²) < 4.78 is 10.5. The van der Waals surface area contributed by atoms with E-state index in [9.17, 15) is 5.11 Å². The van der Waals surface area contributed by atoms with E-state index in [1.807, 2.05) is 24.3 Å². The number of hydrogen-bond acceptors (Lipinski definition) is 3. The maximum atomic E-state index is 10.5. The Labute approximate surface area is 130 Å². The molecule has 2 rings (SSSR count). The number of benzene rings is 2. The van der Waals surface area contributed by atoms with E-state index in [2.05, 4.69) is 6.92 Å². The fraction of sp³-hybridized carbons (Fsp3) is 0.294. The van der Waals surface area contributed by atoms with Gasteiger partial charge in [0.1, 0.15) is 6.10 Å². The van der Waals surface area contributed by atoms with Crippen molar-refractivity contribution in [1.29, 1.82) is 0 Å². The number of aryl methyl sites for hydroxylation is 1. The number of aliphatic hydroxyl groups is 1. The summed E-state index contributed by atoms with van der Waals surface area (Å²) in [7, 11) is 3.07. The molecule has 112 valence electrons. The lowest BCUT2D eigenvalue weighted by molar-refractivity contribution is 0.219.